The van der Waals surface area contributed by atoms with Gasteiger partial charge < -0.3 is 10.1 Å². The van der Waals surface area contributed by atoms with E-state index in [0.717, 1.165) is 30.8 Å². The van der Waals surface area contributed by atoms with Crippen molar-refractivity contribution in [1.82, 2.24) is 4.90 Å². The van der Waals surface area contributed by atoms with Gasteiger partial charge in [-0.1, -0.05) is 24.3 Å². The van der Waals surface area contributed by atoms with Crippen LogP contribution in [0.3, 0.4) is 0 Å². The minimum atomic E-state index is -4.32. The number of nitrogens with zero attached hydrogens (tertiary/aromatic N) is 1. The molecule has 0 aromatic heterocycles. The van der Waals surface area contributed by atoms with E-state index in [9.17, 15) is 18.0 Å². The number of anilines is 1. The summed E-state index contributed by atoms with van der Waals surface area (Å²) in [5.74, 6) is 0.630. The van der Waals surface area contributed by atoms with Gasteiger partial charge >= 0.3 is 6.18 Å². The van der Waals surface area contributed by atoms with Gasteiger partial charge in [0.2, 0.25) is 5.91 Å². The zero-order valence-electron chi connectivity index (χ0n) is 15.3. The first-order chi connectivity index (χ1) is 13.3. The van der Waals surface area contributed by atoms with Crippen molar-refractivity contribution in [3.8, 4) is 5.75 Å². The summed E-state index contributed by atoms with van der Waals surface area (Å²) in [4.78, 5) is 14.5. The summed E-state index contributed by atoms with van der Waals surface area (Å²) in [5, 5.41) is 2.89. The van der Waals surface area contributed by atoms with Crippen LogP contribution in [-0.2, 0) is 17.5 Å². The molecular formula is C21H21F3N2O2. The van der Waals surface area contributed by atoms with Crippen LogP contribution in [0.2, 0.25) is 0 Å². The SMILES string of the molecule is O=C1CC2(CCN(Cc3ccc(C(F)(F)F)cc3)CC2)Oc2ccccc2N1. The maximum Gasteiger partial charge on any atom is 0.416 e. The lowest BCUT2D eigenvalue weighted by molar-refractivity contribution is -0.137. The van der Waals surface area contributed by atoms with Gasteiger partial charge in [0.15, 0.2) is 0 Å². The third-order valence-electron chi connectivity index (χ3n) is 5.43. The molecule has 2 heterocycles. The smallest absolute Gasteiger partial charge is 0.416 e. The van der Waals surface area contributed by atoms with Gasteiger partial charge in [-0.3, -0.25) is 9.69 Å². The molecule has 4 nitrogen and oxygen atoms in total. The summed E-state index contributed by atoms with van der Waals surface area (Å²) in [5.41, 5.74) is 0.364. The van der Waals surface area contributed by atoms with Gasteiger partial charge in [0.25, 0.3) is 0 Å². The lowest BCUT2D eigenvalue weighted by atomic mass is 9.87. The number of amides is 1. The van der Waals surface area contributed by atoms with E-state index in [1.54, 1.807) is 0 Å². The number of piperidine rings is 1. The van der Waals surface area contributed by atoms with E-state index in [1.807, 2.05) is 24.3 Å². The molecule has 2 aromatic carbocycles. The van der Waals surface area contributed by atoms with Crippen LogP contribution in [0, 0.1) is 0 Å². The van der Waals surface area contributed by atoms with Crippen LogP contribution in [-0.4, -0.2) is 29.5 Å². The van der Waals surface area contributed by atoms with E-state index in [1.165, 1.54) is 12.1 Å². The van der Waals surface area contributed by atoms with Crippen molar-refractivity contribution >= 4 is 11.6 Å². The molecule has 7 heteroatoms. The van der Waals surface area contributed by atoms with Gasteiger partial charge in [-0.25, -0.2) is 0 Å². The number of likely N-dealkylation sites (tertiary alicyclic amines) is 1. The fraction of sp³-hybridized carbons (Fsp3) is 0.381. The van der Waals surface area contributed by atoms with E-state index in [-0.39, 0.29) is 5.91 Å². The molecule has 1 N–H and O–H groups in total. The second-order valence-electron chi connectivity index (χ2n) is 7.48. The lowest BCUT2D eigenvalue weighted by Gasteiger charge is -2.40. The largest absolute Gasteiger partial charge is 0.484 e. The van der Waals surface area contributed by atoms with Gasteiger partial charge in [0.1, 0.15) is 11.4 Å². The third-order valence-corrected chi connectivity index (χ3v) is 5.43. The van der Waals surface area contributed by atoms with Crippen molar-refractivity contribution in [3.05, 3.63) is 59.7 Å². The van der Waals surface area contributed by atoms with Crippen molar-refractivity contribution in [2.24, 2.45) is 0 Å². The molecule has 0 saturated carbocycles. The Morgan fingerprint density at radius 1 is 1.04 bits per heavy atom. The number of nitrogens with one attached hydrogen (secondary N) is 1. The molecule has 1 saturated heterocycles. The number of carbonyl (C=O) groups excluding carboxylic acids is 1. The molecule has 2 aromatic rings. The molecule has 0 bridgehead atoms. The molecule has 0 atom stereocenters. The Morgan fingerprint density at radius 3 is 2.39 bits per heavy atom. The molecule has 2 aliphatic rings. The molecule has 0 radical (unpaired) electrons. The van der Waals surface area contributed by atoms with Gasteiger partial charge in [-0.05, 0) is 29.8 Å². The summed E-state index contributed by atoms with van der Waals surface area (Å²) in [6.45, 7) is 2.02. The summed E-state index contributed by atoms with van der Waals surface area (Å²) in [7, 11) is 0. The minimum Gasteiger partial charge on any atom is -0.484 e. The van der Waals surface area contributed by atoms with Gasteiger partial charge in [-0.15, -0.1) is 0 Å². The van der Waals surface area contributed by atoms with Crippen LogP contribution >= 0.6 is 0 Å². The van der Waals surface area contributed by atoms with E-state index in [0.29, 0.717) is 37.2 Å². The predicted molar refractivity (Wildman–Crippen MR) is 99.0 cm³/mol. The Morgan fingerprint density at radius 2 is 1.71 bits per heavy atom. The van der Waals surface area contributed by atoms with Crippen LogP contribution in [0.15, 0.2) is 48.5 Å². The molecular weight excluding hydrogens is 369 g/mol. The average Bonchev–Trinajstić information content (AvgIpc) is 2.78. The second-order valence-corrected chi connectivity index (χ2v) is 7.48. The first-order valence-electron chi connectivity index (χ1n) is 9.29. The molecule has 4 rings (SSSR count). The Kier molecular flexibility index (Phi) is 4.79. The highest BCUT2D eigenvalue weighted by Crippen LogP contribution is 2.38. The fourth-order valence-corrected chi connectivity index (χ4v) is 3.87. The average molecular weight is 390 g/mol. The van der Waals surface area contributed by atoms with Crippen molar-refractivity contribution in [3.63, 3.8) is 0 Å². The first-order valence-corrected chi connectivity index (χ1v) is 9.29. The summed E-state index contributed by atoms with van der Waals surface area (Å²) in [6, 6.07) is 12.7. The number of ether oxygens (including phenoxy) is 1. The quantitative estimate of drug-likeness (QED) is 0.823. The van der Waals surface area contributed by atoms with E-state index in [2.05, 4.69) is 10.2 Å². The van der Waals surface area contributed by atoms with Crippen LogP contribution < -0.4 is 10.1 Å². The number of carbonyl (C=O) groups is 1. The predicted octanol–water partition coefficient (Wildman–Crippen LogP) is 4.46. The molecule has 1 fully saturated rings. The normalized spacial score (nSPS) is 19.5. The number of benzene rings is 2. The Labute approximate surface area is 161 Å². The van der Waals surface area contributed by atoms with Crippen molar-refractivity contribution in [2.45, 2.75) is 37.6 Å². The van der Waals surface area contributed by atoms with Crippen molar-refractivity contribution < 1.29 is 22.7 Å². The van der Waals surface area contributed by atoms with E-state index in [4.69, 9.17) is 4.74 Å². The highest BCUT2D eigenvalue weighted by Gasteiger charge is 2.41. The molecule has 148 valence electrons. The third kappa shape index (κ3) is 3.99. The van der Waals surface area contributed by atoms with Crippen LogP contribution in [0.4, 0.5) is 18.9 Å². The Balaban J connectivity index is 1.41. The summed E-state index contributed by atoms with van der Waals surface area (Å²) in [6.07, 6.45) is -2.63. The molecule has 2 aliphatic heterocycles. The minimum absolute atomic E-state index is 0.0545. The highest BCUT2D eigenvalue weighted by atomic mass is 19.4. The molecule has 28 heavy (non-hydrogen) atoms. The number of alkyl halides is 3. The lowest BCUT2D eigenvalue weighted by Crippen LogP contribution is -2.48. The number of para-hydroxylation sites is 2. The number of hydrogen-bond donors (Lipinski definition) is 1. The zero-order chi connectivity index (χ0) is 19.8. The summed E-state index contributed by atoms with van der Waals surface area (Å²) < 4.78 is 44.4. The Hall–Kier alpha value is -2.54. The summed E-state index contributed by atoms with van der Waals surface area (Å²) >= 11 is 0. The fourth-order valence-electron chi connectivity index (χ4n) is 3.87. The maximum atomic E-state index is 12.7. The number of rotatable bonds is 2. The molecule has 1 amide bonds. The monoisotopic (exact) mass is 390 g/mol. The molecule has 0 aliphatic carbocycles. The number of fused-ring (bicyclic) bond motifs is 1. The molecule has 0 unspecified atom stereocenters. The highest BCUT2D eigenvalue weighted by molar-refractivity contribution is 5.93. The van der Waals surface area contributed by atoms with E-state index >= 15 is 0 Å². The standard InChI is InChI=1S/C21H21F3N2O2/c22-21(23,24)16-7-5-15(6-8-16)14-26-11-9-20(10-12-26)13-19(27)25-17-3-1-2-4-18(17)28-20/h1-8H,9-14H2,(H,25,27). The van der Waals surface area contributed by atoms with Crippen LogP contribution in [0.1, 0.15) is 30.4 Å². The van der Waals surface area contributed by atoms with Crippen LogP contribution in [0.25, 0.3) is 0 Å². The topological polar surface area (TPSA) is 41.6 Å². The maximum absolute atomic E-state index is 12.7. The second kappa shape index (κ2) is 7.13. The van der Waals surface area contributed by atoms with E-state index < -0.39 is 17.3 Å². The molecule has 1 spiro atoms. The van der Waals surface area contributed by atoms with Gasteiger partial charge in [0.05, 0.1) is 17.7 Å². The van der Waals surface area contributed by atoms with Crippen molar-refractivity contribution in [2.75, 3.05) is 18.4 Å². The number of hydrogen-bond acceptors (Lipinski definition) is 3. The first kappa shape index (κ1) is 18.8. The van der Waals surface area contributed by atoms with Gasteiger partial charge in [0, 0.05) is 32.5 Å². The zero-order valence-corrected chi connectivity index (χ0v) is 15.3. The van der Waals surface area contributed by atoms with Crippen LogP contribution in [0.5, 0.6) is 5.75 Å². The number of halogens is 3. The van der Waals surface area contributed by atoms with Crippen molar-refractivity contribution in [1.29, 1.82) is 0 Å². The van der Waals surface area contributed by atoms with Gasteiger partial charge in [-0.2, -0.15) is 13.2 Å². The Bertz CT molecular complexity index is 857.